The van der Waals surface area contributed by atoms with Crippen LogP contribution in [0.2, 0.25) is 5.02 Å². The molecule has 1 heterocycles. The minimum absolute atomic E-state index is 0.0372. The number of nitrogens with one attached hydrogen (secondary N) is 1. The lowest BCUT2D eigenvalue weighted by molar-refractivity contribution is 0.0562. The van der Waals surface area contributed by atoms with E-state index in [1.165, 1.54) is 19.2 Å². The highest BCUT2D eigenvalue weighted by Crippen LogP contribution is 2.29. The molecule has 0 saturated heterocycles. The quantitative estimate of drug-likeness (QED) is 0.858. The van der Waals surface area contributed by atoms with Gasteiger partial charge < -0.3 is 14.5 Å². The molecule has 21 heavy (non-hydrogen) atoms. The lowest BCUT2D eigenvalue weighted by Crippen LogP contribution is -2.22. The maximum atomic E-state index is 14.2. The molecular formula is C15H15ClFNO3. The lowest BCUT2D eigenvalue weighted by Gasteiger charge is -2.17. The molecule has 2 rings (SSSR count). The van der Waals surface area contributed by atoms with Crippen LogP contribution in [0, 0.1) is 5.82 Å². The van der Waals surface area contributed by atoms with Gasteiger partial charge >= 0.3 is 5.97 Å². The van der Waals surface area contributed by atoms with Crippen molar-refractivity contribution in [1.29, 1.82) is 0 Å². The molecular weight excluding hydrogens is 297 g/mol. The van der Waals surface area contributed by atoms with Gasteiger partial charge in [-0.1, -0.05) is 30.7 Å². The Bertz CT molecular complexity index is 642. The number of hydrogen-bond acceptors (Lipinski definition) is 4. The van der Waals surface area contributed by atoms with Crippen molar-refractivity contribution >= 4 is 17.6 Å². The summed E-state index contributed by atoms with van der Waals surface area (Å²) in [5.41, 5.74) is 0.357. The number of furan rings is 1. The average Bonchev–Trinajstić information content (AvgIpc) is 2.97. The van der Waals surface area contributed by atoms with Gasteiger partial charge in [0.1, 0.15) is 11.6 Å². The minimum atomic E-state index is -0.580. The highest BCUT2D eigenvalue weighted by Gasteiger charge is 2.23. The maximum absolute atomic E-state index is 14.2. The van der Waals surface area contributed by atoms with Crippen molar-refractivity contribution in [3.63, 3.8) is 0 Å². The first-order chi connectivity index (χ1) is 10.1. The molecule has 1 aromatic carbocycles. The molecule has 1 unspecified atom stereocenters. The highest BCUT2D eigenvalue weighted by atomic mass is 35.5. The second-order valence-electron chi connectivity index (χ2n) is 4.33. The Morgan fingerprint density at radius 1 is 1.43 bits per heavy atom. The number of halogens is 2. The van der Waals surface area contributed by atoms with E-state index in [0.29, 0.717) is 17.9 Å². The van der Waals surface area contributed by atoms with Crippen molar-refractivity contribution in [2.24, 2.45) is 0 Å². The predicted octanol–water partition coefficient (Wildman–Crippen LogP) is 3.56. The van der Waals surface area contributed by atoms with Gasteiger partial charge in [0.05, 0.1) is 18.2 Å². The van der Waals surface area contributed by atoms with Crippen molar-refractivity contribution in [1.82, 2.24) is 5.32 Å². The van der Waals surface area contributed by atoms with E-state index in [2.05, 4.69) is 10.1 Å². The summed E-state index contributed by atoms with van der Waals surface area (Å²) in [7, 11) is 1.27. The van der Waals surface area contributed by atoms with Gasteiger partial charge in [0.25, 0.3) is 0 Å². The zero-order valence-corrected chi connectivity index (χ0v) is 12.4. The fourth-order valence-corrected chi connectivity index (χ4v) is 2.21. The van der Waals surface area contributed by atoms with E-state index in [1.54, 1.807) is 18.2 Å². The Labute approximate surface area is 126 Å². The molecule has 0 amide bonds. The normalized spacial score (nSPS) is 12.2. The number of benzene rings is 1. The van der Waals surface area contributed by atoms with E-state index in [4.69, 9.17) is 16.0 Å². The van der Waals surface area contributed by atoms with Crippen LogP contribution < -0.4 is 5.32 Å². The van der Waals surface area contributed by atoms with Gasteiger partial charge in [-0.05, 0) is 24.7 Å². The van der Waals surface area contributed by atoms with Crippen molar-refractivity contribution in [3.8, 4) is 0 Å². The van der Waals surface area contributed by atoms with Gasteiger partial charge in [-0.3, -0.25) is 0 Å². The Hall–Kier alpha value is -1.85. The summed E-state index contributed by atoms with van der Waals surface area (Å²) in [6.07, 6.45) is 0. The van der Waals surface area contributed by atoms with Crippen molar-refractivity contribution in [3.05, 3.63) is 58.3 Å². The van der Waals surface area contributed by atoms with E-state index in [1.807, 2.05) is 6.92 Å². The molecule has 112 valence electrons. The van der Waals surface area contributed by atoms with Gasteiger partial charge in [-0.2, -0.15) is 0 Å². The van der Waals surface area contributed by atoms with Crippen LogP contribution in [-0.2, 0) is 4.74 Å². The van der Waals surface area contributed by atoms with Crippen LogP contribution in [0.25, 0.3) is 0 Å². The monoisotopic (exact) mass is 311 g/mol. The second-order valence-corrected chi connectivity index (χ2v) is 4.73. The van der Waals surface area contributed by atoms with Crippen LogP contribution >= 0.6 is 11.6 Å². The summed E-state index contributed by atoms with van der Waals surface area (Å²) in [4.78, 5) is 11.4. The molecule has 6 heteroatoms. The van der Waals surface area contributed by atoms with Crippen LogP contribution in [0.1, 0.15) is 34.8 Å². The number of methoxy groups -OCH3 is 1. The van der Waals surface area contributed by atoms with Crippen LogP contribution in [0.15, 0.2) is 34.7 Å². The summed E-state index contributed by atoms with van der Waals surface area (Å²) in [5.74, 6) is -0.611. The molecule has 0 aliphatic rings. The summed E-state index contributed by atoms with van der Waals surface area (Å²) in [5, 5.41) is 3.15. The van der Waals surface area contributed by atoms with E-state index < -0.39 is 17.8 Å². The highest BCUT2D eigenvalue weighted by molar-refractivity contribution is 6.30. The third-order valence-corrected chi connectivity index (χ3v) is 3.29. The summed E-state index contributed by atoms with van der Waals surface area (Å²) in [6.45, 7) is 2.48. The third kappa shape index (κ3) is 3.25. The maximum Gasteiger partial charge on any atom is 0.373 e. The number of ether oxygens (including phenoxy) is 1. The molecule has 4 nitrogen and oxygen atoms in total. The van der Waals surface area contributed by atoms with Crippen LogP contribution in [0.4, 0.5) is 4.39 Å². The Kier molecular flexibility index (Phi) is 4.98. The Morgan fingerprint density at radius 3 is 2.86 bits per heavy atom. The van der Waals surface area contributed by atoms with Crippen LogP contribution in [0.3, 0.4) is 0 Å². The second kappa shape index (κ2) is 6.74. The largest absolute Gasteiger partial charge is 0.463 e. The van der Waals surface area contributed by atoms with E-state index in [-0.39, 0.29) is 10.8 Å². The van der Waals surface area contributed by atoms with Gasteiger partial charge in [-0.25, -0.2) is 9.18 Å². The Balaban J connectivity index is 2.41. The van der Waals surface area contributed by atoms with E-state index in [9.17, 15) is 9.18 Å². The number of carbonyl (C=O) groups excluding carboxylic acids is 1. The standard InChI is InChI=1S/C15H15ClFNO3/c1-3-18-14(9-5-4-6-10(16)13(9)17)11-7-8-12(21-11)15(19)20-2/h4-8,14,18H,3H2,1-2H3. The van der Waals surface area contributed by atoms with Gasteiger partial charge in [-0.15, -0.1) is 0 Å². The molecule has 1 aromatic heterocycles. The number of esters is 1. The fourth-order valence-electron chi connectivity index (χ4n) is 2.03. The first-order valence-corrected chi connectivity index (χ1v) is 6.81. The van der Waals surface area contributed by atoms with Gasteiger partial charge in [0.15, 0.2) is 0 Å². The van der Waals surface area contributed by atoms with Gasteiger partial charge in [0.2, 0.25) is 5.76 Å². The topological polar surface area (TPSA) is 51.5 Å². The van der Waals surface area contributed by atoms with Crippen molar-refractivity contribution < 1.29 is 18.3 Å². The minimum Gasteiger partial charge on any atom is -0.463 e. The summed E-state index contributed by atoms with van der Waals surface area (Å²) >= 11 is 5.82. The third-order valence-electron chi connectivity index (χ3n) is 3.00. The van der Waals surface area contributed by atoms with Gasteiger partial charge in [0, 0.05) is 5.56 Å². The number of carbonyl (C=O) groups is 1. The van der Waals surface area contributed by atoms with Crippen LogP contribution in [-0.4, -0.2) is 19.6 Å². The van der Waals surface area contributed by atoms with Crippen molar-refractivity contribution in [2.45, 2.75) is 13.0 Å². The fraction of sp³-hybridized carbons (Fsp3) is 0.267. The molecule has 1 atom stereocenters. The number of hydrogen-bond donors (Lipinski definition) is 1. The predicted molar refractivity (Wildman–Crippen MR) is 77.0 cm³/mol. The van der Waals surface area contributed by atoms with E-state index >= 15 is 0 Å². The summed E-state index contributed by atoms with van der Waals surface area (Å²) < 4.78 is 24.2. The molecule has 0 saturated carbocycles. The summed E-state index contributed by atoms with van der Waals surface area (Å²) in [6, 6.07) is 7.33. The molecule has 0 bridgehead atoms. The number of rotatable bonds is 5. The average molecular weight is 312 g/mol. The van der Waals surface area contributed by atoms with Crippen molar-refractivity contribution in [2.75, 3.05) is 13.7 Å². The Morgan fingerprint density at radius 2 is 2.19 bits per heavy atom. The zero-order chi connectivity index (χ0) is 15.4. The molecule has 1 N–H and O–H groups in total. The molecule has 2 aromatic rings. The van der Waals surface area contributed by atoms with Crippen LogP contribution in [0.5, 0.6) is 0 Å². The molecule has 0 radical (unpaired) electrons. The molecule has 0 spiro atoms. The SMILES string of the molecule is CCNC(c1ccc(C(=O)OC)o1)c1cccc(Cl)c1F. The first-order valence-electron chi connectivity index (χ1n) is 6.43. The molecule has 0 aliphatic heterocycles. The first kappa shape index (κ1) is 15.5. The lowest BCUT2D eigenvalue weighted by atomic mass is 10.0. The molecule has 0 aliphatic carbocycles. The zero-order valence-electron chi connectivity index (χ0n) is 11.7. The molecule has 0 fully saturated rings. The van der Waals surface area contributed by atoms with E-state index in [0.717, 1.165) is 0 Å². The smallest absolute Gasteiger partial charge is 0.373 e.